The summed E-state index contributed by atoms with van der Waals surface area (Å²) in [5.41, 5.74) is 1.72. The number of fused-ring (bicyclic) bond motifs is 1. The summed E-state index contributed by atoms with van der Waals surface area (Å²) in [6.45, 7) is 5.60. The number of hydrogen-bond donors (Lipinski definition) is 0. The summed E-state index contributed by atoms with van der Waals surface area (Å²) in [4.78, 5) is 14.5. The van der Waals surface area contributed by atoms with Crippen molar-refractivity contribution in [3.63, 3.8) is 0 Å². The molecular weight excluding hydrogens is 254 g/mol. The maximum atomic E-state index is 12.6. The molecule has 0 radical (unpaired) electrons. The van der Waals surface area contributed by atoms with Crippen molar-refractivity contribution in [3.05, 3.63) is 29.3 Å². The highest BCUT2D eigenvalue weighted by atomic mass is 16.5. The van der Waals surface area contributed by atoms with Gasteiger partial charge in [-0.15, -0.1) is 0 Å². The molecule has 108 valence electrons. The van der Waals surface area contributed by atoms with Crippen molar-refractivity contribution < 1.29 is 14.3 Å². The SMILES string of the molecule is COc1ccc(C(=O)N2C[C@H]3C[C@H](C)O[C@H]3C2)c(C)c1. The van der Waals surface area contributed by atoms with Crippen LogP contribution in [0.5, 0.6) is 5.75 Å². The van der Waals surface area contributed by atoms with Gasteiger partial charge in [0.2, 0.25) is 0 Å². The molecule has 2 aliphatic rings. The summed E-state index contributed by atoms with van der Waals surface area (Å²) >= 11 is 0. The average molecular weight is 275 g/mol. The van der Waals surface area contributed by atoms with Gasteiger partial charge in [0.1, 0.15) is 5.75 Å². The normalized spacial score (nSPS) is 28.6. The van der Waals surface area contributed by atoms with Gasteiger partial charge in [0, 0.05) is 24.6 Å². The monoisotopic (exact) mass is 275 g/mol. The fraction of sp³-hybridized carbons (Fsp3) is 0.562. The lowest BCUT2D eigenvalue weighted by Crippen LogP contribution is -2.31. The zero-order valence-electron chi connectivity index (χ0n) is 12.3. The predicted molar refractivity (Wildman–Crippen MR) is 76.1 cm³/mol. The van der Waals surface area contributed by atoms with Crippen molar-refractivity contribution in [2.75, 3.05) is 20.2 Å². The Hall–Kier alpha value is -1.55. The fourth-order valence-corrected chi connectivity index (χ4v) is 3.34. The Morgan fingerprint density at radius 1 is 1.40 bits per heavy atom. The van der Waals surface area contributed by atoms with Crippen molar-refractivity contribution in [2.24, 2.45) is 5.92 Å². The number of benzene rings is 1. The summed E-state index contributed by atoms with van der Waals surface area (Å²) in [5.74, 6) is 1.40. The van der Waals surface area contributed by atoms with E-state index in [0.717, 1.165) is 36.4 Å². The van der Waals surface area contributed by atoms with Gasteiger partial charge in [0.25, 0.3) is 5.91 Å². The molecule has 1 aromatic rings. The molecule has 3 rings (SSSR count). The summed E-state index contributed by atoms with van der Waals surface area (Å²) < 4.78 is 11.0. The van der Waals surface area contributed by atoms with Crippen molar-refractivity contribution >= 4 is 5.91 Å². The first-order valence-electron chi connectivity index (χ1n) is 7.18. The molecule has 1 aromatic carbocycles. The number of aryl methyl sites for hydroxylation is 1. The first kappa shape index (κ1) is 13.4. The second kappa shape index (κ2) is 5.09. The molecule has 1 amide bonds. The van der Waals surface area contributed by atoms with Crippen LogP contribution < -0.4 is 4.74 Å². The third-order valence-corrected chi connectivity index (χ3v) is 4.37. The highest BCUT2D eigenvalue weighted by Crippen LogP contribution is 2.33. The maximum Gasteiger partial charge on any atom is 0.254 e. The van der Waals surface area contributed by atoms with E-state index < -0.39 is 0 Å². The van der Waals surface area contributed by atoms with E-state index in [2.05, 4.69) is 6.92 Å². The Kier molecular flexibility index (Phi) is 3.42. The number of rotatable bonds is 2. The molecule has 2 heterocycles. The molecule has 0 unspecified atom stereocenters. The lowest BCUT2D eigenvalue weighted by atomic mass is 10.0. The molecule has 4 nitrogen and oxygen atoms in total. The zero-order chi connectivity index (χ0) is 14.3. The lowest BCUT2D eigenvalue weighted by molar-refractivity contribution is 0.0443. The van der Waals surface area contributed by atoms with Crippen LogP contribution in [0, 0.1) is 12.8 Å². The van der Waals surface area contributed by atoms with Crippen LogP contribution in [0.15, 0.2) is 18.2 Å². The number of likely N-dealkylation sites (tertiary alicyclic amines) is 1. The predicted octanol–water partition coefficient (Wildman–Crippen LogP) is 2.25. The first-order chi connectivity index (χ1) is 9.58. The van der Waals surface area contributed by atoms with Crippen molar-refractivity contribution in [1.29, 1.82) is 0 Å². The van der Waals surface area contributed by atoms with E-state index in [0.29, 0.717) is 12.0 Å². The number of hydrogen-bond acceptors (Lipinski definition) is 3. The molecule has 2 fully saturated rings. The number of nitrogens with zero attached hydrogens (tertiary/aromatic N) is 1. The topological polar surface area (TPSA) is 38.8 Å². The summed E-state index contributed by atoms with van der Waals surface area (Å²) in [6.07, 6.45) is 1.63. The fourth-order valence-electron chi connectivity index (χ4n) is 3.34. The molecule has 0 spiro atoms. The number of ether oxygens (including phenoxy) is 2. The Labute approximate surface area is 119 Å². The van der Waals surface area contributed by atoms with Crippen LogP contribution in [0.1, 0.15) is 29.3 Å². The van der Waals surface area contributed by atoms with E-state index in [1.165, 1.54) is 0 Å². The van der Waals surface area contributed by atoms with Gasteiger partial charge in [-0.1, -0.05) is 0 Å². The standard InChI is InChI=1S/C16H21NO3/c1-10-6-13(19-3)4-5-14(10)16(18)17-8-12-7-11(2)20-15(12)9-17/h4-6,11-12,15H,7-9H2,1-3H3/t11-,12+,15-/m0/s1. The number of carbonyl (C=O) groups is 1. The number of methoxy groups -OCH3 is 1. The molecule has 0 N–H and O–H groups in total. The largest absolute Gasteiger partial charge is 0.497 e. The Morgan fingerprint density at radius 3 is 2.85 bits per heavy atom. The van der Waals surface area contributed by atoms with Crippen LogP contribution in [0.25, 0.3) is 0 Å². The first-order valence-corrected chi connectivity index (χ1v) is 7.18. The third kappa shape index (κ3) is 2.29. The van der Waals surface area contributed by atoms with Crippen molar-refractivity contribution in [3.8, 4) is 5.75 Å². The lowest BCUT2D eigenvalue weighted by Gasteiger charge is -2.19. The summed E-state index contributed by atoms with van der Waals surface area (Å²) in [7, 11) is 1.64. The van der Waals surface area contributed by atoms with E-state index in [1.807, 2.05) is 30.0 Å². The van der Waals surface area contributed by atoms with Gasteiger partial charge >= 0.3 is 0 Å². The Morgan fingerprint density at radius 2 is 2.20 bits per heavy atom. The maximum absolute atomic E-state index is 12.6. The van der Waals surface area contributed by atoms with Crippen molar-refractivity contribution in [1.82, 2.24) is 4.90 Å². The molecule has 0 saturated carbocycles. The van der Waals surface area contributed by atoms with Gasteiger partial charge in [0.05, 0.1) is 19.3 Å². The molecule has 2 saturated heterocycles. The van der Waals surface area contributed by atoms with Gasteiger partial charge in [-0.25, -0.2) is 0 Å². The minimum absolute atomic E-state index is 0.107. The van der Waals surface area contributed by atoms with Crippen LogP contribution in [-0.4, -0.2) is 43.2 Å². The number of carbonyl (C=O) groups excluding carboxylic acids is 1. The van der Waals surface area contributed by atoms with Crippen LogP contribution in [0.3, 0.4) is 0 Å². The molecule has 0 aliphatic carbocycles. The molecule has 0 aromatic heterocycles. The molecular formula is C16H21NO3. The molecule has 2 aliphatic heterocycles. The van der Waals surface area contributed by atoms with E-state index in [1.54, 1.807) is 7.11 Å². The number of amides is 1. The Balaban J connectivity index is 1.74. The quantitative estimate of drug-likeness (QED) is 0.831. The van der Waals surface area contributed by atoms with Crippen LogP contribution >= 0.6 is 0 Å². The zero-order valence-corrected chi connectivity index (χ0v) is 12.3. The van der Waals surface area contributed by atoms with Gasteiger partial charge in [-0.2, -0.15) is 0 Å². The second-order valence-corrected chi connectivity index (χ2v) is 5.87. The minimum atomic E-state index is 0.107. The van der Waals surface area contributed by atoms with Crippen LogP contribution in [0.4, 0.5) is 0 Å². The minimum Gasteiger partial charge on any atom is -0.497 e. The average Bonchev–Trinajstić information content (AvgIpc) is 2.94. The highest BCUT2D eigenvalue weighted by Gasteiger charge is 2.42. The van der Waals surface area contributed by atoms with Crippen molar-refractivity contribution in [2.45, 2.75) is 32.5 Å². The molecule has 4 heteroatoms. The Bertz CT molecular complexity index is 514. The molecule has 0 bridgehead atoms. The van der Waals surface area contributed by atoms with Gasteiger partial charge in [-0.3, -0.25) is 4.79 Å². The summed E-state index contributed by atoms with van der Waals surface area (Å²) in [5, 5.41) is 0. The van der Waals surface area contributed by atoms with E-state index >= 15 is 0 Å². The second-order valence-electron chi connectivity index (χ2n) is 5.87. The molecule has 20 heavy (non-hydrogen) atoms. The van der Waals surface area contributed by atoms with E-state index in [4.69, 9.17) is 9.47 Å². The van der Waals surface area contributed by atoms with E-state index in [9.17, 15) is 4.79 Å². The van der Waals surface area contributed by atoms with Gasteiger partial charge < -0.3 is 14.4 Å². The van der Waals surface area contributed by atoms with E-state index in [-0.39, 0.29) is 12.0 Å². The van der Waals surface area contributed by atoms with Crippen LogP contribution in [0.2, 0.25) is 0 Å². The summed E-state index contributed by atoms with van der Waals surface area (Å²) in [6, 6.07) is 5.60. The third-order valence-electron chi connectivity index (χ3n) is 4.37. The smallest absolute Gasteiger partial charge is 0.254 e. The highest BCUT2D eigenvalue weighted by molar-refractivity contribution is 5.96. The van der Waals surface area contributed by atoms with Crippen LogP contribution in [-0.2, 0) is 4.74 Å². The van der Waals surface area contributed by atoms with Gasteiger partial charge in [0.15, 0.2) is 0 Å². The molecule has 3 atom stereocenters. The van der Waals surface area contributed by atoms with Gasteiger partial charge in [-0.05, 0) is 44.0 Å².